The molecular weight excluding hydrogens is 286 g/mol. The molecule has 118 valence electrons. The number of carbonyl (C=O) groups excluding carboxylic acids is 1. The minimum Gasteiger partial charge on any atom is -0.351 e. The molecular formula is C16H26ClN3O. The van der Waals surface area contributed by atoms with Crippen molar-refractivity contribution >= 4 is 18.3 Å². The predicted octanol–water partition coefficient (Wildman–Crippen LogP) is 1.72. The van der Waals surface area contributed by atoms with Crippen LogP contribution >= 0.6 is 12.4 Å². The maximum Gasteiger partial charge on any atom is 0.234 e. The fraction of sp³-hybridized carbons (Fsp3) is 0.562. The molecule has 1 aromatic rings. The molecule has 0 bridgehead atoms. The van der Waals surface area contributed by atoms with Crippen molar-refractivity contribution in [3.63, 3.8) is 0 Å². The fourth-order valence-electron chi connectivity index (χ4n) is 2.72. The number of hydrogen-bond acceptors (Lipinski definition) is 3. The second kappa shape index (κ2) is 9.03. The molecule has 1 atom stereocenters. The van der Waals surface area contributed by atoms with E-state index >= 15 is 0 Å². The van der Waals surface area contributed by atoms with Gasteiger partial charge in [0.15, 0.2) is 0 Å². The van der Waals surface area contributed by atoms with E-state index in [9.17, 15) is 4.79 Å². The van der Waals surface area contributed by atoms with E-state index in [2.05, 4.69) is 46.7 Å². The van der Waals surface area contributed by atoms with Gasteiger partial charge in [0.1, 0.15) is 0 Å². The van der Waals surface area contributed by atoms with Crippen molar-refractivity contribution in [1.82, 2.24) is 15.5 Å². The fourth-order valence-corrected chi connectivity index (χ4v) is 2.72. The Morgan fingerprint density at radius 2 is 2.05 bits per heavy atom. The lowest BCUT2D eigenvalue weighted by Crippen LogP contribution is -2.43. The van der Waals surface area contributed by atoms with Crippen LogP contribution < -0.4 is 10.6 Å². The van der Waals surface area contributed by atoms with Crippen LogP contribution in [0.15, 0.2) is 24.3 Å². The van der Waals surface area contributed by atoms with Gasteiger partial charge in [-0.05, 0) is 38.9 Å². The first-order chi connectivity index (χ1) is 9.69. The van der Waals surface area contributed by atoms with Gasteiger partial charge in [-0.3, -0.25) is 9.69 Å². The van der Waals surface area contributed by atoms with E-state index in [1.807, 2.05) is 7.05 Å². The Kier molecular flexibility index (Phi) is 7.72. The standard InChI is InChI=1S/C16H25N3O.ClH/c1-13-5-7-14(8-6-13)10-18-16(20)12-19-9-3-4-15(19)11-17-2;/h5-8,15,17H,3-4,9-12H2,1-2H3,(H,18,20);1H. The Morgan fingerprint density at radius 3 is 2.71 bits per heavy atom. The SMILES string of the molecule is CNCC1CCCN1CC(=O)NCc1ccc(C)cc1.Cl. The van der Waals surface area contributed by atoms with E-state index in [1.165, 1.54) is 18.4 Å². The van der Waals surface area contributed by atoms with Gasteiger partial charge in [-0.15, -0.1) is 12.4 Å². The van der Waals surface area contributed by atoms with E-state index in [1.54, 1.807) is 0 Å². The number of aryl methyl sites for hydroxylation is 1. The van der Waals surface area contributed by atoms with Gasteiger partial charge in [-0.1, -0.05) is 29.8 Å². The van der Waals surface area contributed by atoms with Gasteiger partial charge in [0.05, 0.1) is 6.54 Å². The Hall–Kier alpha value is -1.10. The Balaban J connectivity index is 0.00000220. The molecule has 0 saturated carbocycles. The molecule has 2 N–H and O–H groups in total. The first-order valence-corrected chi connectivity index (χ1v) is 7.40. The minimum absolute atomic E-state index is 0. The quantitative estimate of drug-likeness (QED) is 0.841. The number of amides is 1. The van der Waals surface area contributed by atoms with Crippen LogP contribution in [0.2, 0.25) is 0 Å². The summed E-state index contributed by atoms with van der Waals surface area (Å²) in [5.74, 6) is 0.119. The summed E-state index contributed by atoms with van der Waals surface area (Å²) in [5, 5.41) is 6.21. The van der Waals surface area contributed by atoms with Gasteiger partial charge >= 0.3 is 0 Å². The highest BCUT2D eigenvalue weighted by Crippen LogP contribution is 2.15. The van der Waals surface area contributed by atoms with E-state index in [4.69, 9.17) is 0 Å². The molecule has 0 aromatic heterocycles. The topological polar surface area (TPSA) is 44.4 Å². The van der Waals surface area contributed by atoms with Crippen molar-refractivity contribution in [2.24, 2.45) is 0 Å². The summed E-state index contributed by atoms with van der Waals surface area (Å²) in [5.41, 5.74) is 2.39. The number of rotatable bonds is 6. The molecule has 1 heterocycles. The summed E-state index contributed by atoms with van der Waals surface area (Å²) in [7, 11) is 1.97. The predicted molar refractivity (Wildman–Crippen MR) is 88.8 cm³/mol. The summed E-state index contributed by atoms with van der Waals surface area (Å²) in [6.45, 7) is 5.19. The van der Waals surface area contributed by atoms with Crippen LogP contribution in [0, 0.1) is 6.92 Å². The van der Waals surface area contributed by atoms with Crippen LogP contribution in [0.1, 0.15) is 24.0 Å². The van der Waals surface area contributed by atoms with Crippen LogP contribution in [0.25, 0.3) is 0 Å². The zero-order valence-electron chi connectivity index (χ0n) is 12.9. The van der Waals surface area contributed by atoms with Gasteiger partial charge < -0.3 is 10.6 Å². The van der Waals surface area contributed by atoms with E-state index in [0.717, 1.165) is 18.7 Å². The lowest BCUT2D eigenvalue weighted by atomic mass is 10.1. The molecule has 21 heavy (non-hydrogen) atoms. The van der Waals surface area contributed by atoms with Gasteiger partial charge in [-0.2, -0.15) is 0 Å². The average molecular weight is 312 g/mol. The van der Waals surface area contributed by atoms with E-state index < -0.39 is 0 Å². The number of likely N-dealkylation sites (tertiary alicyclic amines) is 1. The van der Waals surface area contributed by atoms with Crippen LogP contribution in [0.4, 0.5) is 0 Å². The molecule has 1 fully saturated rings. The number of halogens is 1. The molecule has 1 aromatic carbocycles. The molecule has 5 heteroatoms. The first kappa shape index (κ1) is 18.0. The number of nitrogens with zero attached hydrogens (tertiary/aromatic N) is 1. The maximum atomic E-state index is 12.0. The lowest BCUT2D eigenvalue weighted by Gasteiger charge is -2.23. The molecule has 0 aliphatic carbocycles. The van der Waals surface area contributed by atoms with Crippen molar-refractivity contribution in [3.8, 4) is 0 Å². The summed E-state index contributed by atoms with van der Waals surface area (Å²) < 4.78 is 0. The molecule has 1 aliphatic rings. The average Bonchev–Trinajstić information content (AvgIpc) is 2.86. The zero-order valence-corrected chi connectivity index (χ0v) is 13.7. The van der Waals surface area contributed by atoms with Crippen LogP contribution in [0.3, 0.4) is 0 Å². The number of carbonyl (C=O) groups is 1. The maximum absolute atomic E-state index is 12.0. The molecule has 4 nitrogen and oxygen atoms in total. The van der Waals surface area contributed by atoms with Gasteiger partial charge in [0.2, 0.25) is 5.91 Å². The second-order valence-electron chi connectivity index (χ2n) is 5.59. The summed E-state index contributed by atoms with van der Waals surface area (Å²) in [6.07, 6.45) is 2.38. The number of benzene rings is 1. The number of hydrogen-bond donors (Lipinski definition) is 2. The Labute approximate surface area is 133 Å². The van der Waals surface area contributed by atoms with Crippen LogP contribution in [0.5, 0.6) is 0 Å². The van der Waals surface area contributed by atoms with Crippen molar-refractivity contribution in [3.05, 3.63) is 35.4 Å². The minimum atomic E-state index is 0. The first-order valence-electron chi connectivity index (χ1n) is 7.40. The molecule has 0 spiro atoms. The summed E-state index contributed by atoms with van der Waals surface area (Å²) in [4.78, 5) is 14.3. The van der Waals surface area contributed by atoms with Gasteiger partial charge in [0, 0.05) is 19.1 Å². The Bertz CT molecular complexity index is 436. The molecule has 1 aliphatic heterocycles. The largest absolute Gasteiger partial charge is 0.351 e. The number of likely N-dealkylation sites (N-methyl/N-ethyl adjacent to an activating group) is 1. The normalized spacial score (nSPS) is 18.3. The third kappa shape index (κ3) is 5.65. The summed E-state index contributed by atoms with van der Waals surface area (Å²) in [6, 6.07) is 8.78. The highest BCUT2D eigenvalue weighted by atomic mass is 35.5. The van der Waals surface area contributed by atoms with Gasteiger partial charge in [-0.25, -0.2) is 0 Å². The van der Waals surface area contributed by atoms with Gasteiger partial charge in [0.25, 0.3) is 0 Å². The Morgan fingerprint density at radius 1 is 1.33 bits per heavy atom. The molecule has 1 unspecified atom stereocenters. The van der Waals surface area contributed by atoms with Crippen molar-refractivity contribution in [1.29, 1.82) is 0 Å². The smallest absolute Gasteiger partial charge is 0.234 e. The highest BCUT2D eigenvalue weighted by molar-refractivity contribution is 5.85. The van der Waals surface area contributed by atoms with E-state index in [-0.39, 0.29) is 18.3 Å². The molecule has 2 rings (SSSR count). The second-order valence-corrected chi connectivity index (χ2v) is 5.59. The van der Waals surface area contributed by atoms with Crippen molar-refractivity contribution < 1.29 is 4.79 Å². The third-order valence-corrected chi connectivity index (χ3v) is 3.90. The van der Waals surface area contributed by atoms with Crippen molar-refractivity contribution in [2.45, 2.75) is 32.4 Å². The number of nitrogens with one attached hydrogen (secondary N) is 2. The highest BCUT2D eigenvalue weighted by Gasteiger charge is 2.25. The molecule has 0 radical (unpaired) electrons. The summed E-state index contributed by atoms with van der Waals surface area (Å²) >= 11 is 0. The molecule has 1 amide bonds. The zero-order chi connectivity index (χ0) is 14.4. The van der Waals surface area contributed by atoms with Crippen LogP contribution in [-0.4, -0.2) is 43.5 Å². The van der Waals surface area contributed by atoms with Crippen molar-refractivity contribution in [2.75, 3.05) is 26.7 Å². The molecule has 1 saturated heterocycles. The third-order valence-electron chi connectivity index (χ3n) is 3.90. The van der Waals surface area contributed by atoms with E-state index in [0.29, 0.717) is 19.1 Å². The monoisotopic (exact) mass is 311 g/mol. The lowest BCUT2D eigenvalue weighted by molar-refractivity contribution is -0.122. The van der Waals surface area contributed by atoms with Crippen LogP contribution in [-0.2, 0) is 11.3 Å².